The number of carbonyl (C=O) groups excluding carboxylic acids is 1. The highest BCUT2D eigenvalue weighted by Crippen LogP contribution is 2.29. The summed E-state index contributed by atoms with van der Waals surface area (Å²) in [5.41, 5.74) is 5.66. The first kappa shape index (κ1) is 24.4. The van der Waals surface area contributed by atoms with E-state index in [-0.39, 0.29) is 17.9 Å². The van der Waals surface area contributed by atoms with Gasteiger partial charge in [-0.2, -0.15) is 18.2 Å². The molecule has 5 rings (SSSR count). The van der Waals surface area contributed by atoms with Gasteiger partial charge in [0.15, 0.2) is 5.65 Å². The van der Waals surface area contributed by atoms with Gasteiger partial charge >= 0.3 is 6.18 Å². The molecule has 0 bridgehead atoms. The monoisotopic (exact) mass is 506 g/mol. The van der Waals surface area contributed by atoms with Gasteiger partial charge in [0.2, 0.25) is 5.95 Å². The largest absolute Gasteiger partial charge is 0.405 e. The zero-order valence-electron chi connectivity index (χ0n) is 20.5. The number of alkyl halides is 3. The summed E-state index contributed by atoms with van der Waals surface area (Å²) >= 11 is 0. The quantitative estimate of drug-likeness (QED) is 0.312. The number of rotatable bonds is 6. The Kier molecular flexibility index (Phi) is 6.10. The summed E-state index contributed by atoms with van der Waals surface area (Å²) in [6.45, 7) is 2.75. The Morgan fingerprint density at radius 1 is 1.08 bits per heavy atom. The summed E-state index contributed by atoms with van der Waals surface area (Å²) in [6, 6.07) is 17.2. The van der Waals surface area contributed by atoms with Crippen LogP contribution in [0, 0.1) is 6.92 Å². The molecule has 0 radical (unpaired) electrons. The lowest BCUT2D eigenvalue weighted by Gasteiger charge is -2.14. The lowest BCUT2D eigenvalue weighted by atomic mass is 10.0. The standard InChI is InChI=1S/C27H25F3N6O/c1-16-5-4-6-18(11-16)17(2)32-25(37)22-14-35(3)23-8-7-19(12-21(22)23)20-9-10-36-24(13-20)33-26(34-36)31-15-27(28,29)30/h4-14,17H,15H2,1-3H3,(H,31,34)(H,32,37)/t17-/m0/s1. The van der Waals surface area contributed by atoms with Crippen LogP contribution in [0.25, 0.3) is 27.7 Å². The Morgan fingerprint density at radius 2 is 1.86 bits per heavy atom. The second kappa shape index (κ2) is 9.27. The number of amides is 1. The van der Waals surface area contributed by atoms with E-state index in [0.29, 0.717) is 11.2 Å². The molecule has 2 N–H and O–H groups in total. The molecular weight excluding hydrogens is 481 g/mol. The van der Waals surface area contributed by atoms with Crippen molar-refractivity contribution in [3.8, 4) is 11.1 Å². The minimum Gasteiger partial charge on any atom is -0.350 e. The molecule has 0 spiro atoms. The van der Waals surface area contributed by atoms with Crippen LogP contribution in [0.4, 0.5) is 19.1 Å². The molecule has 3 heterocycles. The molecule has 5 aromatic rings. The molecule has 2 aromatic carbocycles. The summed E-state index contributed by atoms with van der Waals surface area (Å²) in [5, 5.41) is 10.1. The maximum atomic E-state index is 13.3. The van der Waals surface area contributed by atoms with Crippen molar-refractivity contribution >= 4 is 28.4 Å². The van der Waals surface area contributed by atoms with Gasteiger partial charge in [0.1, 0.15) is 6.54 Å². The molecule has 7 nitrogen and oxygen atoms in total. The number of fused-ring (bicyclic) bond motifs is 2. The minimum atomic E-state index is -4.37. The van der Waals surface area contributed by atoms with Gasteiger partial charge in [-0.3, -0.25) is 4.79 Å². The number of aromatic nitrogens is 4. The van der Waals surface area contributed by atoms with Crippen LogP contribution in [0.5, 0.6) is 0 Å². The number of nitrogens with one attached hydrogen (secondary N) is 2. The number of pyridine rings is 1. The van der Waals surface area contributed by atoms with Gasteiger partial charge in [-0.25, -0.2) is 4.52 Å². The molecule has 0 saturated heterocycles. The molecule has 3 aromatic heterocycles. The molecule has 190 valence electrons. The van der Waals surface area contributed by atoms with E-state index in [2.05, 4.69) is 26.8 Å². The number of carbonyl (C=O) groups is 1. The molecule has 0 saturated carbocycles. The van der Waals surface area contributed by atoms with Crippen LogP contribution >= 0.6 is 0 Å². The van der Waals surface area contributed by atoms with Crippen LogP contribution in [0.15, 0.2) is 67.0 Å². The molecule has 0 fully saturated rings. The number of hydrogen-bond acceptors (Lipinski definition) is 4. The zero-order chi connectivity index (χ0) is 26.3. The summed E-state index contributed by atoms with van der Waals surface area (Å²) in [5.74, 6) is -0.278. The summed E-state index contributed by atoms with van der Waals surface area (Å²) in [7, 11) is 1.89. The Labute approximate surface area is 210 Å². The summed E-state index contributed by atoms with van der Waals surface area (Å²) in [6.07, 6.45) is -0.911. The van der Waals surface area contributed by atoms with Crippen molar-refractivity contribution in [2.24, 2.45) is 7.05 Å². The average molecular weight is 507 g/mol. The van der Waals surface area contributed by atoms with Crippen LogP contribution in [-0.4, -0.2) is 37.8 Å². The maximum Gasteiger partial charge on any atom is 0.405 e. The van der Waals surface area contributed by atoms with Crippen molar-refractivity contribution in [1.82, 2.24) is 24.5 Å². The van der Waals surface area contributed by atoms with Crippen LogP contribution in [0.3, 0.4) is 0 Å². The van der Waals surface area contributed by atoms with Crippen molar-refractivity contribution < 1.29 is 18.0 Å². The second-order valence-corrected chi connectivity index (χ2v) is 9.12. The predicted octanol–water partition coefficient (Wildman–Crippen LogP) is 5.66. The van der Waals surface area contributed by atoms with E-state index in [1.807, 2.05) is 68.1 Å². The van der Waals surface area contributed by atoms with Crippen molar-refractivity contribution in [2.75, 3.05) is 11.9 Å². The Hall–Kier alpha value is -4.34. The third kappa shape index (κ3) is 5.13. The van der Waals surface area contributed by atoms with Gasteiger partial charge < -0.3 is 15.2 Å². The van der Waals surface area contributed by atoms with Crippen molar-refractivity contribution in [3.63, 3.8) is 0 Å². The summed E-state index contributed by atoms with van der Waals surface area (Å²) < 4.78 is 40.9. The SMILES string of the molecule is Cc1cccc([C@H](C)NC(=O)c2cn(C)c3ccc(-c4ccn5nc(NCC(F)(F)F)nc5c4)cc23)c1. The minimum absolute atomic E-state index is 0.102. The van der Waals surface area contributed by atoms with E-state index in [1.54, 1.807) is 18.3 Å². The lowest BCUT2D eigenvalue weighted by molar-refractivity contribution is -0.115. The fraction of sp³-hybridized carbons (Fsp3) is 0.222. The molecule has 1 amide bonds. The lowest BCUT2D eigenvalue weighted by Crippen LogP contribution is -2.26. The van der Waals surface area contributed by atoms with E-state index in [9.17, 15) is 18.0 Å². The Morgan fingerprint density at radius 3 is 2.62 bits per heavy atom. The zero-order valence-corrected chi connectivity index (χ0v) is 20.5. The summed E-state index contributed by atoms with van der Waals surface area (Å²) in [4.78, 5) is 17.4. The van der Waals surface area contributed by atoms with Gasteiger partial charge in [-0.15, -0.1) is 5.10 Å². The van der Waals surface area contributed by atoms with Crippen LogP contribution in [0.2, 0.25) is 0 Å². The Balaban J connectivity index is 1.44. The molecule has 10 heteroatoms. The van der Waals surface area contributed by atoms with E-state index < -0.39 is 12.7 Å². The van der Waals surface area contributed by atoms with Crippen LogP contribution < -0.4 is 10.6 Å². The van der Waals surface area contributed by atoms with E-state index in [0.717, 1.165) is 33.2 Å². The molecular formula is C27H25F3N6O. The first-order valence-electron chi connectivity index (χ1n) is 11.7. The van der Waals surface area contributed by atoms with Gasteiger partial charge in [0, 0.05) is 30.3 Å². The number of benzene rings is 2. The number of aryl methyl sites for hydroxylation is 2. The topological polar surface area (TPSA) is 76.2 Å². The first-order valence-corrected chi connectivity index (χ1v) is 11.7. The third-order valence-corrected chi connectivity index (χ3v) is 6.24. The smallest absolute Gasteiger partial charge is 0.350 e. The molecule has 1 atom stereocenters. The van der Waals surface area contributed by atoms with E-state index in [1.165, 1.54) is 4.52 Å². The normalized spacial score (nSPS) is 12.7. The highest BCUT2D eigenvalue weighted by atomic mass is 19.4. The molecule has 37 heavy (non-hydrogen) atoms. The number of anilines is 1. The first-order chi connectivity index (χ1) is 17.6. The third-order valence-electron chi connectivity index (χ3n) is 6.24. The van der Waals surface area contributed by atoms with Gasteiger partial charge in [0.25, 0.3) is 5.91 Å². The average Bonchev–Trinajstić information content (AvgIpc) is 3.42. The number of nitrogens with zero attached hydrogens (tertiary/aromatic N) is 4. The highest BCUT2D eigenvalue weighted by Gasteiger charge is 2.27. The second-order valence-electron chi connectivity index (χ2n) is 9.12. The molecule has 0 aliphatic rings. The maximum absolute atomic E-state index is 13.3. The molecule has 0 aliphatic carbocycles. The predicted molar refractivity (Wildman–Crippen MR) is 137 cm³/mol. The van der Waals surface area contributed by atoms with E-state index in [4.69, 9.17) is 0 Å². The van der Waals surface area contributed by atoms with Gasteiger partial charge in [-0.1, -0.05) is 35.9 Å². The molecule has 0 aliphatic heterocycles. The van der Waals surface area contributed by atoms with Gasteiger partial charge in [0.05, 0.1) is 11.6 Å². The van der Waals surface area contributed by atoms with Crippen molar-refractivity contribution in [1.29, 1.82) is 0 Å². The van der Waals surface area contributed by atoms with E-state index >= 15 is 0 Å². The van der Waals surface area contributed by atoms with Crippen molar-refractivity contribution in [3.05, 3.63) is 83.7 Å². The van der Waals surface area contributed by atoms with Crippen molar-refractivity contribution in [2.45, 2.75) is 26.1 Å². The fourth-order valence-corrected chi connectivity index (χ4v) is 4.37. The number of halogens is 3. The van der Waals surface area contributed by atoms with Gasteiger partial charge in [-0.05, 0) is 54.8 Å². The van der Waals surface area contributed by atoms with Crippen LogP contribution in [0.1, 0.15) is 34.5 Å². The Bertz CT molecular complexity index is 1620. The fourth-order valence-electron chi connectivity index (χ4n) is 4.37. The van der Waals surface area contributed by atoms with Crippen LogP contribution in [-0.2, 0) is 7.05 Å². The highest BCUT2D eigenvalue weighted by molar-refractivity contribution is 6.08. The number of hydrogen-bond donors (Lipinski definition) is 2. The molecule has 0 unspecified atom stereocenters.